The Balaban J connectivity index is 1.64. The van der Waals surface area contributed by atoms with E-state index in [9.17, 15) is 9.59 Å². The van der Waals surface area contributed by atoms with Crippen LogP contribution in [0.25, 0.3) is 0 Å². The summed E-state index contributed by atoms with van der Waals surface area (Å²) in [6.45, 7) is 0.289. The van der Waals surface area contributed by atoms with Crippen LogP contribution in [0.1, 0.15) is 18.4 Å². The van der Waals surface area contributed by atoms with Gasteiger partial charge in [-0.05, 0) is 29.9 Å². The molecule has 5 nitrogen and oxygen atoms in total. The number of nitrogens with one attached hydrogen (secondary N) is 2. The second-order valence-corrected chi connectivity index (χ2v) is 6.25. The molecule has 0 radical (unpaired) electrons. The Labute approximate surface area is 162 Å². The van der Waals surface area contributed by atoms with Crippen LogP contribution in [0.4, 0.5) is 5.69 Å². The molecule has 0 unspecified atom stereocenters. The first-order valence-corrected chi connectivity index (χ1v) is 8.88. The van der Waals surface area contributed by atoms with Gasteiger partial charge in [0.1, 0.15) is 0 Å². The van der Waals surface area contributed by atoms with E-state index in [1.165, 1.54) is 0 Å². The van der Waals surface area contributed by atoms with E-state index >= 15 is 0 Å². The molecule has 2 N–H and O–H groups in total. The van der Waals surface area contributed by atoms with E-state index in [-0.39, 0.29) is 30.5 Å². The first kappa shape index (κ1) is 19.9. The number of carbonyl (C=O) groups is 2. The number of carbonyl (C=O) groups excluding carboxylic acids is 2. The second kappa shape index (κ2) is 10.5. The van der Waals surface area contributed by atoms with Gasteiger partial charge in [0, 0.05) is 12.8 Å². The molecule has 0 aliphatic carbocycles. The van der Waals surface area contributed by atoms with E-state index in [1.807, 2.05) is 30.3 Å². The van der Waals surface area contributed by atoms with Gasteiger partial charge in [-0.3, -0.25) is 9.59 Å². The fourth-order valence-electron chi connectivity index (χ4n) is 2.12. The molecule has 136 valence electrons. The van der Waals surface area contributed by atoms with Gasteiger partial charge in [0.15, 0.2) is 5.11 Å². The Morgan fingerprint density at radius 2 is 1.69 bits per heavy atom. The van der Waals surface area contributed by atoms with Gasteiger partial charge in [-0.1, -0.05) is 54.1 Å². The lowest BCUT2D eigenvalue weighted by Crippen LogP contribution is -2.34. The van der Waals surface area contributed by atoms with Crippen LogP contribution < -0.4 is 10.6 Å². The molecule has 0 fully saturated rings. The third-order valence-electron chi connectivity index (χ3n) is 3.43. The Bertz CT molecular complexity index is 768. The van der Waals surface area contributed by atoms with Crippen molar-refractivity contribution < 1.29 is 14.3 Å². The molecule has 2 aromatic rings. The molecule has 0 atom stereocenters. The Hall–Kier alpha value is -2.44. The quantitative estimate of drug-likeness (QED) is 0.557. The highest BCUT2D eigenvalue weighted by Gasteiger charge is 2.10. The van der Waals surface area contributed by atoms with Crippen molar-refractivity contribution in [1.29, 1.82) is 0 Å². The lowest BCUT2D eigenvalue weighted by Gasteiger charge is -2.10. The van der Waals surface area contributed by atoms with Gasteiger partial charge in [-0.2, -0.15) is 0 Å². The summed E-state index contributed by atoms with van der Waals surface area (Å²) in [5, 5.41) is 5.96. The minimum atomic E-state index is -0.416. The molecule has 0 aliphatic rings. The summed E-state index contributed by atoms with van der Waals surface area (Å²) < 4.78 is 5.13. The van der Waals surface area contributed by atoms with Gasteiger partial charge in [0.2, 0.25) is 5.91 Å². The van der Waals surface area contributed by atoms with Gasteiger partial charge in [-0.15, -0.1) is 0 Å². The Morgan fingerprint density at radius 3 is 2.42 bits per heavy atom. The molecule has 0 saturated carbocycles. The Kier molecular flexibility index (Phi) is 8.05. The van der Waals surface area contributed by atoms with E-state index in [4.69, 9.17) is 28.6 Å². The number of anilines is 1. The maximum atomic E-state index is 11.8. The Morgan fingerprint density at radius 1 is 1.00 bits per heavy atom. The molecule has 7 heteroatoms. The number of benzene rings is 2. The summed E-state index contributed by atoms with van der Waals surface area (Å²) in [6.07, 6.45) is 0.633. The molecule has 0 heterocycles. The highest BCUT2D eigenvalue weighted by atomic mass is 35.5. The van der Waals surface area contributed by atoms with E-state index in [0.717, 1.165) is 5.56 Å². The molecular weight excluding hydrogens is 372 g/mol. The zero-order chi connectivity index (χ0) is 18.8. The average molecular weight is 391 g/mol. The molecule has 2 aromatic carbocycles. The third-order valence-corrected chi connectivity index (χ3v) is 3.96. The molecule has 0 saturated heterocycles. The van der Waals surface area contributed by atoms with Crippen molar-refractivity contribution in [3.63, 3.8) is 0 Å². The molecular formula is C19H19ClN2O3S. The summed E-state index contributed by atoms with van der Waals surface area (Å²) >= 11 is 11.1. The number of hydrogen-bond donors (Lipinski definition) is 2. The first-order valence-electron chi connectivity index (χ1n) is 8.09. The van der Waals surface area contributed by atoms with Crippen LogP contribution >= 0.6 is 23.8 Å². The van der Waals surface area contributed by atoms with Crippen LogP contribution in [0, 0.1) is 0 Å². The number of hydrogen-bond acceptors (Lipinski definition) is 4. The van der Waals surface area contributed by atoms with Crippen molar-refractivity contribution in [2.75, 3.05) is 11.9 Å². The minimum Gasteiger partial charge on any atom is -0.465 e. The summed E-state index contributed by atoms with van der Waals surface area (Å²) in [5.74, 6) is -0.782. The maximum absolute atomic E-state index is 11.8. The summed E-state index contributed by atoms with van der Waals surface area (Å²) in [5.41, 5.74) is 1.69. The standard InChI is InChI=1S/C19H19ClN2O3S/c20-15-8-4-5-9-16(15)21-19(26)22-17(23)10-11-18(24)25-13-12-14-6-2-1-3-7-14/h1-9H,10-13H2,(H2,21,22,23,26). The summed E-state index contributed by atoms with van der Waals surface area (Å²) in [6, 6.07) is 16.8. The van der Waals surface area contributed by atoms with Crippen LogP contribution in [0.15, 0.2) is 54.6 Å². The third kappa shape index (κ3) is 7.21. The number of esters is 1. The van der Waals surface area contributed by atoms with Crippen LogP contribution in [0.5, 0.6) is 0 Å². The van der Waals surface area contributed by atoms with Gasteiger partial charge < -0.3 is 15.4 Å². The van der Waals surface area contributed by atoms with Crippen molar-refractivity contribution in [2.24, 2.45) is 0 Å². The highest BCUT2D eigenvalue weighted by Crippen LogP contribution is 2.20. The largest absolute Gasteiger partial charge is 0.465 e. The van der Waals surface area contributed by atoms with Crippen molar-refractivity contribution >= 4 is 46.5 Å². The van der Waals surface area contributed by atoms with Crippen LogP contribution in [0.2, 0.25) is 5.02 Å². The molecule has 0 aromatic heterocycles. The average Bonchev–Trinajstić information content (AvgIpc) is 2.63. The predicted molar refractivity (Wildman–Crippen MR) is 106 cm³/mol. The molecule has 0 bridgehead atoms. The SMILES string of the molecule is O=C(CCC(=O)OCCc1ccccc1)NC(=S)Nc1ccccc1Cl. The van der Waals surface area contributed by atoms with E-state index in [2.05, 4.69) is 10.6 Å². The van der Waals surface area contributed by atoms with Crippen LogP contribution in [-0.4, -0.2) is 23.6 Å². The lowest BCUT2D eigenvalue weighted by atomic mass is 10.2. The van der Waals surface area contributed by atoms with E-state index in [0.29, 0.717) is 17.1 Å². The topological polar surface area (TPSA) is 67.4 Å². The first-order chi connectivity index (χ1) is 12.5. The molecule has 1 amide bonds. The maximum Gasteiger partial charge on any atom is 0.306 e. The van der Waals surface area contributed by atoms with Crippen molar-refractivity contribution in [3.05, 3.63) is 65.2 Å². The lowest BCUT2D eigenvalue weighted by molar-refractivity contribution is -0.144. The van der Waals surface area contributed by atoms with Gasteiger partial charge in [-0.25, -0.2) is 0 Å². The highest BCUT2D eigenvalue weighted by molar-refractivity contribution is 7.80. The monoisotopic (exact) mass is 390 g/mol. The van der Waals surface area contributed by atoms with Crippen LogP contribution in [0.3, 0.4) is 0 Å². The van der Waals surface area contributed by atoms with Gasteiger partial charge in [0.25, 0.3) is 0 Å². The van der Waals surface area contributed by atoms with E-state index in [1.54, 1.807) is 24.3 Å². The number of halogens is 1. The van der Waals surface area contributed by atoms with Crippen molar-refractivity contribution in [3.8, 4) is 0 Å². The fraction of sp³-hybridized carbons (Fsp3) is 0.211. The number of rotatable bonds is 7. The van der Waals surface area contributed by atoms with E-state index < -0.39 is 5.97 Å². The van der Waals surface area contributed by atoms with Crippen LogP contribution in [-0.2, 0) is 20.7 Å². The zero-order valence-corrected chi connectivity index (χ0v) is 15.6. The normalized spacial score (nSPS) is 10.0. The van der Waals surface area contributed by atoms with Gasteiger partial charge >= 0.3 is 5.97 Å². The smallest absolute Gasteiger partial charge is 0.306 e. The summed E-state index contributed by atoms with van der Waals surface area (Å²) in [4.78, 5) is 23.5. The number of amides is 1. The number of ether oxygens (including phenoxy) is 1. The minimum absolute atomic E-state index is 0.00463. The number of thiocarbonyl (C=S) groups is 1. The number of para-hydroxylation sites is 1. The fourth-order valence-corrected chi connectivity index (χ4v) is 2.53. The molecule has 0 aliphatic heterocycles. The zero-order valence-electron chi connectivity index (χ0n) is 14.0. The van der Waals surface area contributed by atoms with Crippen molar-refractivity contribution in [1.82, 2.24) is 5.32 Å². The molecule has 2 rings (SSSR count). The van der Waals surface area contributed by atoms with Gasteiger partial charge in [0.05, 0.1) is 23.7 Å². The van der Waals surface area contributed by atoms with Crippen molar-refractivity contribution in [2.45, 2.75) is 19.3 Å². The molecule has 26 heavy (non-hydrogen) atoms. The second-order valence-electron chi connectivity index (χ2n) is 5.44. The predicted octanol–water partition coefficient (Wildman–Crippen LogP) is 3.72. The summed E-state index contributed by atoms with van der Waals surface area (Å²) in [7, 11) is 0. The molecule has 0 spiro atoms.